The molecule has 1 fully saturated rings. The van der Waals surface area contributed by atoms with Crippen molar-refractivity contribution in [2.75, 3.05) is 33.2 Å². The number of halogens is 3. The lowest BCUT2D eigenvalue weighted by Crippen LogP contribution is -2.44. The van der Waals surface area contributed by atoms with Crippen LogP contribution in [0.25, 0.3) is 0 Å². The van der Waals surface area contributed by atoms with Crippen molar-refractivity contribution in [2.45, 2.75) is 13.1 Å². The van der Waals surface area contributed by atoms with Gasteiger partial charge in [-0.05, 0) is 37.0 Å². The third kappa shape index (κ3) is 4.60. The van der Waals surface area contributed by atoms with Crippen LogP contribution in [-0.4, -0.2) is 57.8 Å². The Labute approximate surface area is 150 Å². The van der Waals surface area contributed by atoms with E-state index in [-0.39, 0.29) is 12.4 Å². The van der Waals surface area contributed by atoms with Crippen molar-refractivity contribution in [3.05, 3.63) is 46.0 Å². The molecular weight excluding hydrogens is 356 g/mol. The molecule has 0 atom stereocenters. The fraction of sp³-hybridized carbons (Fsp3) is 0.467. The summed E-state index contributed by atoms with van der Waals surface area (Å²) < 4.78 is 29.0. The van der Waals surface area contributed by atoms with E-state index in [4.69, 9.17) is 12.2 Å². The zero-order valence-electron chi connectivity index (χ0n) is 13.3. The summed E-state index contributed by atoms with van der Waals surface area (Å²) in [6.07, 6.45) is 0. The quantitative estimate of drug-likeness (QED) is 0.833. The second-order valence-corrected chi connectivity index (χ2v) is 6.27. The van der Waals surface area contributed by atoms with Gasteiger partial charge in [-0.25, -0.2) is 8.78 Å². The predicted molar refractivity (Wildman–Crippen MR) is 92.9 cm³/mol. The van der Waals surface area contributed by atoms with Crippen molar-refractivity contribution in [3.63, 3.8) is 0 Å². The molecule has 0 spiro atoms. The Hall–Kier alpha value is -1.35. The minimum absolute atomic E-state index is 0. The third-order valence-corrected chi connectivity index (χ3v) is 4.37. The molecule has 132 valence electrons. The molecule has 24 heavy (non-hydrogen) atoms. The van der Waals surface area contributed by atoms with E-state index >= 15 is 0 Å². The molecule has 0 radical (unpaired) electrons. The van der Waals surface area contributed by atoms with Crippen molar-refractivity contribution in [1.29, 1.82) is 0 Å². The third-order valence-electron chi connectivity index (χ3n) is 4.06. The standard InChI is InChI=1S/C15H19F2N5S.ClH/c1-20-2-4-21(5-3-20)10-14-18-19-15(23)22(14)9-11-6-12(16)8-13(17)7-11;/h6-8H,2-5,9-10H2,1H3,(H,19,23);1H. The van der Waals surface area contributed by atoms with Crippen LogP contribution < -0.4 is 0 Å². The molecular formula is C15H20ClF2N5S. The molecule has 1 aliphatic rings. The normalized spacial score (nSPS) is 16.1. The molecule has 0 bridgehead atoms. The number of likely N-dealkylation sites (N-methyl/N-ethyl adjacent to an activating group) is 1. The summed E-state index contributed by atoms with van der Waals surface area (Å²) in [7, 11) is 2.10. The van der Waals surface area contributed by atoms with Crippen LogP contribution >= 0.6 is 24.6 Å². The summed E-state index contributed by atoms with van der Waals surface area (Å²) in [5, 5.41) is 7.05. The van der Waals surface area contributed by atoms with Crippen LogP contribution in [0, 0.1) is 16.4 Å². The van der Waals surface area contributed by atoms with E-state index in [0.29, 0.717) is 23.4 Å². The highest BCUT2D eigenvalue weighted by Gasteiger charge is 2.17. The number of aromatic amines is 1. The SMILES string of the molecule is CN1CCN(Cc2n[nH]c(=S)n2Cc2cc(F)cc(F)c2)CC1.Cl. The molecule has 1 aliphatic heterocycles. The van der Waals surface area contributed by atoms with Crippen molar-refractivity contribution in [1.82, 2.24) is 24.6 Å². The van der Waals surface area contributed by atoms with Gasteiger partial charge in [-0.3, -0.25) is 14.6 Å². The Morgan fingerprint density at radius 3 is 2.33 bits per heavy atom. The first-order valence-corrected chi connectivity index (χ1v) is 7.92. The van der Waals surface area contributed by atoms with E-state index in [1.807, 2.05) is 0 Å². The summed E-state index contributed by atoms with van der Waals surface area (Å²) in [6.45, 7) is 4.92. The van der Waals surface area contributed by atoms with E-state index < -0.39 is 11.6 Å². The number of piperazine rings is 1. The summed E-state index contributed by atoms with van der Waals surface area (Å²) in [4.78, 5) is 4.58. The van der Waals surface area contributed by atoms with E-state index in [2.05, 4.69) is 27.0 Å². The molecule has 1 saturated heterocycles. The van der Waals surface area contributed by atoms with Crippen LogP contribution in [0.5, 0.6) is 0 Å². The minimum Gasteiger partial charge on any atom is -0.304 e. The van der Waals surface area contributed by atoms with Gasteiger partial charge in [0.05, 0.1) is 13.1 Å². The van der Waals surface area contributed by atoms with Gasteiger partial charge in [-0.15, -0.1) is 12.4 Å². The second kappa shape index (κ2) is 8.15. The number of hydrogen-bond donors (Lipinski definition) is 1. The zero-order chi connectivity index (χ0) is 16.4. The van der Waals surface area contributed by atoms with Gasteiger partial charge in [0.25, 0.3) is 0 Å². The van der Waals surface area contributed by atoms with Gasteiger partial charge in [0.15, 0.2) is 4.77 Å². The van der Waals surface area contributed by atoms with Crippen LogP contribution in [-0.2, 0) is 13.1 Å². The highest BCUT2D eigenvalue weighted by atomic mass is 35.5. The number of nitrogens with one attached hydrogen (secondary N) is 1. The van der Waals surface area contributed by atoms with Crippen molar-refractivity contribution >= 4 is 24.6 Å². The molecule has 9 heteroatoms. The molecule has 2 heterocycles. The van der Waals surface area contributed by atoms with Crippen LogP contribution in [0.3, 0.4) is 0 Å². The summed E-state index contributed by atoms with van der Waals surface area (Å²) >= 11 is 5.25. The minimum atomic E-state index is -0.587. The number of rotatable bonds is 4. The number of aromatic nitrogens is 3. The second-order valence-electron chi connectivity index (χ2n) is 5.89. The molecule has 2 aromatic rings. The van der Waals surface area contributed by atoms with Gasteiger partial charge >= 0.3 is 0 Å². The van der Waals surface area contributed by atoms with Crippen molar-refractivity contribution in [3.8, 4) is 0 Å². The highest BCUT2D eigenvalue weighted by Crippen LogP contribution is 2.13. The first kappa shape index (κ1) is 19.0. The number of hydrogen-bond acceptors (Lipinski definition) is 4. The zero-order valence-corrected chi connectivity index (χ0v) is 15.0. The molecule has 3 rings (SSSR count). The number of nitrogens with zero attached hydrogens (tertiary/aromatic N) is 4. The number of benzene rings is 1. The molecule has 0 unspecified atom stereocenters. The maximum absolute atomic E-state index is 13.4. The van der Waals surface area contributed by atoms with Gasteiger partial charge in [-0.1, -0.05) is 0 Å². The van der Waals surface area contributed by atoms with Gasteiger partial charge in [0.1, 0.15) is 17.5 Å². The fourth-order valence-electron chi connectivity index (χ4n) is 2.72. The van der Waals surface area contributed by atoms with E-state index in [1.54, 1.807) is 4.57 Å². The Bertz CT molecular complexity index is 719. The molecule has 5 nitrogen and oxygen atoms in total. The monoisotopic (exact) mass is 375 g/mol. The molecule has 1 aromatic carbocycles. The maximum Gasteiger partial charge on any atom is 0.195 e. The van der Waals surface area contributed by atoms with Crippen molar-refractivity contribution in [2.24, 2.45) is 0 Å². The fourth-order valence-corrected chi connectivity index (χ4v) is 2.94. The van der Waals surface area contributed by atoms with Crippen LogP contribution in [0.4, 0.5) is 8.78 Å². The molecule has 1 aromatic heterocycles. The van der Waals surface area contributed by atoms with Gasteiger partial charge < -0.3 is 4.90 Å². The summed E-state index contributed by atoms with van der Waals surface area (Å²) in [6, 6.07) is 3.50. The van der Waals surface area contributed by atoms with Gasteiger partial charge in [0.2, 0.25) is 0 Å². The van der Waals surface area contributed by atoms with Crippen LogP contribution in [0.1, 0.15) is 11.4 Å². The Morgan fingerprint density at radius 2 is 1.71 bits per heavy atom. The Balaban J connectivity index is 0.00000208. The first-order chi connectivity index (χ1) is 11.0. The molecule has 1 N–H and O–H groups in total. The van der Waals surface area contributed by atoms with E-state index in [0.717, 1.165) is 38.1 Å². The maximum atomic E-state index is 13.4. The molecule has 0 aliphatic carbocycles. The lowest BCUT2D eigenvalue weighted by atomic mass is 10.2. The van der Waals surface area contributed by atoms with E-state index in [9.17, 15) is 8.78 Å². The lowest BCUT2D eigenvalue weighted by Gasteiger charge is -2.31. The van der Waals surface area contributed by atoms with E-state index in [1.165, 1.54) is 12.1 Å². The van der Waals surface area contributed by atoms with Crippen LogP contribution in [0.15, 0.2) is 18.2 Å². The number of H-pyrrole nitrogens is 1. The van der Waals surface area contributed by atoms with Gasteiger partial charge in [-0.2, -0.15) is 5.10 Å². The van der Waals surface area contributed by atoms with Gasteiger partial charge in [0, 0.05) is 32.2 Å². The predicted octanol–water partition coefficient (Wildman–Crippen LogP) is 2.44. The topological polar surface area (TPSA) is 40.1 Å². The highest BCUT2D eigenvalue weighted by molar-refractivity contribution is 7.71. The Morgan fingerprint density at radius 1 is 1.08 bits per heavy atom. The average molecular weight is 376 g/mol. The lowest BCUT2D eigenvalue weighted by molar-refractivity contribution is 0.144. The summed E-state index contributed by atoms with van der Waals surface area (Å²) in [5.41, 5.74) is 0.527. The molecule has 0 saturated carbocycles. The first-order valence-electron chi connectivity index (χ1n) is 7.51. The van der Waals surface area contributed by atoms with Crippen LogP contribution in [0.2, 0.25) is 0 Å². The Kier molecular flexibility index (Phi) is 6.45. The average Bonchev–Trinajstić information content (AvgIpc) is 2.82. The largest absolute Gasteiger partial charge is 0.304 e. The smallest absolute Gasteiger partial charge is 0.195 e. The summed E-state index contributed by atoms with van der Waals surface area (Å²) in [5.74, 6) is -0.393. The molecule has 0 amide bonds. The van der Waals surface area contributed by atoms with Crippen molar-refractivity contribution < 1.29 is 8.78 Å².